The minimum atomic E-state index is -0.632. The SMILES string of the molecule is COc1cccc(CN(C(=O)CSc2ccc(Cl)cc2)[C@@H](Cc2ccccc2)C(=O)NC2CCCC2)c1. The summed E-state index contributed by atoms with van der Waals surface area (Å²) >= 11 is 7.47. The molecule has 1 N–H and O–H groups in total. The molecule has 1 fully saturated rings. The van der Waals surface area contributed by atoms with E-state index < -0.39 is 6.04 Å². The second-order valence-electron chi connectivity index (χ2n) is 9.31. The zero-order valence-corrected chi connectivity index (χ0v) is 22.6. The van der Waals surface area contributed by atoms with Crippen LogP contribution in [0, 0.1) is 0 Å². The molecule has 37 heavy (non-hydrogen) atoms. The average molecular weight is 537 g/mol. The normalized spacial score (nSPS) is 14.2. The van der Waals surface area contributed by atoms with Gasteiger partial charge in [0.15, 0.2) is 0 Å². The molecule has 0 saturated heterocycles. The van der Waals surface area contributed by atoms with Crippen LogP contribution in [0.2, 0.25) is 5.02 Å². The Hall–Kier alpha value is -2.96. The summed E-state index contributed by atoms with van der Waals surface area (Å²) < 4.78 is 5.41. The minimum absolute atomic E-state index is 0.0923. The van der Waals surface area contributed by atoms with Crippen LogP contribution in [0.15, 0.2) is 83.8 Å². The standard InChI is InChI=1S/C30H33ClN2O3S/c1-36-26-13-7-10-23(18-26)20-33(29(34)21-37-27-16-14-24(31)15-17-27)28(19-22-8-3-2-4-9-22)30(35)32-25-11-5-6-12-25/h2-4,7-10,13-18,25,28H,5-6,11-12,19-21H2,1H3,(H,32,35)/t28-/m0/s1. The average Bonchev–Trinajstić information content (AvgIpc) is 3.44. The summed E-state index contributed by atoms with van der Waals surface area (Å²) in [5.41, 5.74) is 1.93. The van der Waals surface area contributed by atoms with E-state index in [1.165, 1.54) is 11.8 Å². The van der Waals surface area contributed by atoms with Crippen molar-refractivity contribution < 1.29 is 14.3 Å². The van der Waals surface area contributed by atoms with Gasteiger partial charge in [-0.15, -0.1) is 11.8 Å². The van der Waals surface area contributed by atoms with E-state index in [9.17, 15) is 9.59 Å². The zero-order chi connectivity index (χ0) is 26.0. The Balaban J connectivity index is 1.61. The fourth-order valence-corrected chi connectivity index (χ4v) is 5.56. The fraction of sp³-hybridized carbons (Fsp3) is 0.333. The number of carbonyl (C=O) groups excluding carboxylic acids is 2. The summed E-state index contributed by atoms with van der Waals surface area (Å²) in [7, 11) is 1.62. The molecule has 194 valence electrons. The van der Waals surface area contributed by atoms with Crippen molar-refractivity contribution in [3.8, 4) is 5.75 Å². The third-order valence-corrected chi connectivity index (χ3v) is 7.88. The second kappa shape index (κ2) is 13.5. The monoisotopic (exact) mass is 536 g/mol. The van der Waals surface area contributed by atoms with E-state index in [-0.39, 0.29) is 23.6 Å². The summed E-state index contributed by atoms with van der Waals surface area (Å²) in [6.45, 7) is 0.312. The number of amides is 2. The van der Waals surface area contributed by atoms with Crippen LogP contribution >= 0.6 is 23.4 Å². The highest BCUT2D eigenvalue weighted by Crippen LogP contribution is 2.24. The van der Waals surface area contributed by atoms with Crippen LogP contribution in [0.25, 0.3) is 0 Å². The van der Waals surface area contributed by atoms with Gasteiger partial charge in [-0.3, -0.25) is 9.59 Å². The first kappa shape index (κ1) is 27.1. The van der Waals surface area contributed by atoms with Crippen molar-refractivity contribution in [3.05, 3.63) is 95.0 Å². The number of benzene rings is 3. The fourth-order valence-electron chi connectivity index (χ4n) is 4.65. The van der Waals surface area contributed by atoms with Crippen molar-refractivity contribution in [2.45, 2.75) is 55.6 Å². The molecule has 1 saturated carbocycles. The van der Waals surface area contributed by atoms with Crippen molar-refractivity contribution in [1.82, 2.24) is 10.2 Å². The minimum Gasteiger partial charge on any atom is -0.497 e. The third-order valence-electron chi connectivity index (χ3n) is 6.64. The van der Waals surface area contributed by atoms with Gasteiger partial charge in [0, 0.05) is 28.9 Å². The van der Waals surface area contributed by atoms with Gasteiger partial charge in [-0.1, -0.05) is 66.9 Å². The number of methoxy groups -OCH3 is 1. The highest BCUT2D eigenvalue weighted by molar-refractivity contribution is 8.00. The third kappa shape index (κ3) is 8.01. The van der Waals surface area contributed by atoms with E-state index in [4.69, 9.17) is 16.3 Å². The number of halogens is 1. The maximum Gasteiger partial charge on any atom is 0.243 e. The van der Waals surface area contributed by atoms with Crippen molar-refractivity contribution >= 4 is 35.2 Å². The summed E-state index contributed by atoms with van der Waals surface area (Å²) in [6, 6.07) is 24.5. The van der Waals surface area contributed by atoms with Gasteiger partial charge in [-0.25, -0.2) is 0 Å². The molecule has 0 aromatic heterocycles. The predicted molar refractivity (Wildman–Crippen MR) is 150 cm³/mol. The van der Waals surface area contributed by atoms with Gasteiger partial charge in [-0.2, -0.15) is 0 Å². The Morgan fingerprint density at radius 3 is 2.41 bits per heavy atom. The molecule has 1 aliphatic rings. The van der Waals surface area contributed by atoms with Gasteiger partial charge in [0.1, 0.15) is 11.8 Å². The van der Waals surface area contributed by atoms with Crippen LogP contribution in [0.1, 0.15) is 36.8 Å². The molecule has 7 heteroatoms. The maximum atomic E-state index is 13.8. The lowest BCUT2D eigenvalue weighted by atomic mass is 10.0. The van der Waals surface area contributed by atoms with Gasteiger partial charge in [0.05, 0.1) is 12.9 Å². The first-order valence-electron chi connectivity index (χ1n) is 12.7. The topological polar surface area (TPSA) is 58.6 Å². The number of nitrogens with zero attached hydrogens (tertiary/aromatic N) is 1. The molecule has 4 rings (SSSR count). The first-order chi connectivity index (χ1) is 18.0. The molecular weight excluding hydrogens is 504 g/mol. The van der Waals surface area contributed by atoms with Gasteiger partial charge < -0.3 is 15.0 Å². The molecule has 0 aliphatic heterocycles. The smallest absolute Gasteiger partial charge is 0.243 e. The Kier molecular flexibility index (Phi) is 9.92. The predicted octanol–water partition coefficient (Wildman–Crippen LogP) is 6.14. The Bertz CT molecular complexity index is 1170. The number of hydrogen-bond donors (Lipinski definition) is 1. The second-order valence-corrected chi connectivity index (χ2v) is 10.8. The molecule has 0 heterocycles. The lowest BCUT2D eigenvalue weighted by Gasteiger charge is -2.32. The van der Waals surface area contributed by atoms with Crippen molar-refractivity contribution in [2.75, 3.05) is 12.9 Å². The maximum absolute atomic E-state index is 13.8. The van der Waals surface area contributed by atoms with E-state index in [0.717, 1.165) is 47.5 Å². The molecule has 5 nitrogen and oxygen atoms in total. The van der Waals surface area contributed by atoms with E-state index in [2.05, 4.69) is 5.32 Å². The molecule has 0 unspecified atom stereocenters. The number of nitrogens with one attached hydrogen (secondary N) is 1. The number of hydrogen-bond acceptors (Lipinski definition) is 4. The number of rotatable bonds is 11. The van der Waals surface area contributed by atoms with Gasteiger partial charge >= 0.3 is 0 Å². The van der Waals surface area contributed by atoms with Crippen molar-refractivity contribution in [3.63, 3.8) is 0 Å². The molecule has 1 atom stereocenters. The molecular formula is C30H33ClN2O3S. The van der Waals surface area contributed by atoms with E-state index in [1.54, 1.807) is 12.0 Å². The highest BCUT2D eigenvalue weighted by Gasteiger charge is 2.32. The van der Waals surface area contributed by atoms with Gasteiger partial charge in [-0.05, 0) is 60.4 Å². The molecule has 1 aliphatic carbocycles. The van der Waals surface area contributed by atoms with E-state index in [0.29, 0.717) is 18.0 Å². The van der Waals surface area contributed by atoms with Crippen LogP contribution < -0.4 is 10.1 Å². The van der Waals surface area contributed by atoms with Gasteiger partial charge in [0.25, 0.3) is 0 Å². The largest absolute Gasteiger partial charge is 0.497 e. The Labute approximate surface area is 228 Å². The molecule has 0 spiro atoms. The first-order valence-corrected chi connectivity index (χ1v) is 14.0. The van der Waals surface area contributed by atoms with Crippen molar-refractivity contribution in [2.24, 2.45) is 0 Å². The Morgan fingerprint density at radius 2 is 1.70 bits per heavy atom. The zero-order valence-electron chi connectivity index (χ0n) is 21.1. The van der Waals surface area contributed by atoms with Crippen LogP contribution in [0.3, 0.4) is 0 Å². The lowest BCUT2D eigenvalue weighted by molar-refractivity contribution is -0.139. The van der Waals surface area contributed by atoms with Crippen LogP contribution in [-0.4, -0.2) is 41.7 Å². The van der Waals surface area contributed by atoms with Crippen LogP contribution in [-0.2, 0) is 22.6 Å². The molecule has 3 aromatic carbocycles. The summed E-state index contributed by atoms with van der Waals surface area (Å²) in [5, 5.41) is 3.90. The molecule has 2 amide bonds. The van der Waals surface area contributed by atoms with E-state index >= 15 is 0 Å². The molecule has 3 aromatic rings. The highest BCUT2D eigenvalue weighted by atomic mass is 35.5. The number of carbonyl (C=O) groups is 2. The van der Waals surface area contributed by atoms with Crippen LogP contribution in [0.4, 0.5) is 0 Å². The number of ether oxygens (including phenoxy) is 1. The van der Waals surface area contributed by atoms with Crippen molar-refractivity contribution in [1.29, 1.82) is 0 Å². The van der Waals surface area contributed by atoms with Crippen LogP contribution in [0.5, 0.6) is 5.75 Å². The summed E-state index contributed by atoms with van der Waals surface area (Å²) in [4.78, 5) is 30.2. The molecule has 0 bridgehead atoms. The Morgan fingerprint density at radius 1 is 1.00 bits per heavy atom. The molecule has 0 radical (unpaired) electrons. The quantitative estimate of drug-likeness (QED) is 0.299. The lowest BCUT2D eigenvalue weighted by Crippen LogP contribution is -2.52. The summed E-state index contributed by atoms with van der Waals surface area (Å²) in [6.07, 6.45) is 4.66. The van der Waals surface area contributed by atoms with E-state index in [1.807, 2.05) is 78.9 Å². The number of thioether (sulfide) groups is 1. The summed E-state index contributed by atoms with van der Waals surface area (Å²) in [5.74, 6) is 0.748. The van der Waals surface area contributed by atoms with Gasteiger partial charge in [0.2, 0.25) is 11.8 Å².